The molecule has 0 saturated carbocycles. The Hall–Kier alpha value is -0.660. The summed E-state index contributed by atoms with van der Waals surface area (Å²) in [5.41, 5.74) is 2.68. The van der Waals surface area contributed by atoms with E-state index in [1.54, 1.807) is 0 Å². The van der Waals surface area contributed by atoms with Crippen molar-refractivity contribution in [3.05, 3.63) is 39.9 Å². The molecule has 1 aliphatic rings. The van der Waals surface area contributed by atoms with Gasteiger partial charge in [-0.3, -0.25) is 0 Å². The Morgan fingerprint density at radius 2 is 1.53 bits per heavy atom. The van der Waals surface area contributed by atoms with Crippen LogP contribution in [0.25, 0.3) is 0 Å². The van der Waals surface area contributed by atoms with Crippen molar-refractivity contribution < 1.29 is 0 Å². The second-order valence-electron chi connectivity index (χ2n) is 5.43. The Morgan fingerprint density at radius 1 is 1.00 bits per heavy atom. The molecule has 0 saturated heterocycles. The third-order valence-corrected chi connectivity index (χ3v) is 3.80. The third-order valence-electron chi connectivity index (χ3n) is 3.01. The number of para-hydroxylation sites is 1. The summed E-state index contributed by atoms with van der Waals surface area (Å²) in [5.74, 6) is 0. The van der Waals surface area contributed by atoms with Crippen LogP contribution in [0.5, 0.6) is 0 Å². The highest BCUT2D eigenvalue weighted by molar-refractivity contribution is 6.40. The predicted molar refractivity (Wildman–Crippen MR) is 76.1 cm³/mol. The van der Waals surface area contributed by atoms with Gasteiger partial charge in [0.25, 0.3) is 0 Å². The summed E-state index contributed by atoms with van der Waals surface area (Å²) < 4.78 is 0. The van der Waals surface area contributed by atoms with Crippen LogP contribution < -0.4 is 4.90 Å². The molecule has 0 amide bonds. The molecule has 0 N–H and O–H groups in total. The van der Waals surface area contributed by atoms with Crippen LogP contribution >= 0.6 is 23.2 Å². The van der Waals surface area contributed by atoms with Crippen LogP contribution in [0, 0.1) is 0 Å². The summed E-state index contributed by atoms with van der Waals surface area (Å²) >= 11 is 12.2. The fraction of sp³-hybridized carbons (Fsp3) is 0.429. The molecule has 1 aromatic carbocycles. The maximum absolute atomic E-state index is 6.08. The van der Waals surface area contributed by atoms with Crippen LogP contribution in [0.1, 0.15) is 26.3 Å². The zero-order chi connectivity index (χ0) is 12.6. The highest BCUT2D eigenvalue weighted by Gasteiger charge is 2.25. The molecule has 0 fully saturated rings. The largest absolute Gasteiger partial charge is 0.361 e. The highest BCUT2D eigenvalue weighted by atomic mass is 35.5. The van der Waals surface area contributed by atoms with Gasteiger partial charge in [-0.15, -0.1) is 0 Å². The van der Waals surface area contributed by atoms with Gasteiger partial charge >= 0.3 is 0 Å². The topological polar surface area (TPSA) is 3.24 Å². The first kappa shape index (κ1) is 12.8. The zero-order valence-electron chi connectivity index (χ0n) is 10.4. The van der Waals surface area contributed by atoms with Crippen molar-refractivity contribution in [2.75, 3.05) is 18.0 Å². The van der Waals surface area contributed by atoms with Gasteiger partial charge < -0.3 is 4.90 Å². The number of anilines is 1. The van der Waals surface area contributed by atoms with E-state index in [-0.39, 0.29) is 5.41 Å². The van der Waals surface area contributed by atoms with Crippen molar-refractivity contribution in [1.82, 2.24) is 0 Å². The second-order valence-corrected chi connectivity index (χ2v) is 6.35. The molecule has 0 spiro atoms. The molecule has 0 bridgehead atoms. The summed E-state index contributed by atoms with van der Waals surface area (Å²) in [6.07, 6.45) is 0. The van der Waals surface area contributed by atoms with Crippen LogP contribution in [0.4, 0.5) is 5.69 Å². The molecule has 1 heterocycles. The average Bonchev–Trinajstić information content (AvgIpc) is 2.58. The lowest BCUT2D eigenvalue weighted by atomic mass is 9.85. The Labute approximate surface area is 113 Å². The standard InChI is InChI=1S/C14H17Cl2N/c1-14(2,3)10-6-4-5-7-13(10)17-8-11(15)12(16)9-17/h4-7H,8-9H2,1-3H3. The SMILES string of the molecule is CC(C)(C)c1ccccc1N1CC(Cl)=C(Cl)C1. The molecule has 1 aliphatic heterocycles. The van der Waals surface area contributed by atoms with Crippen molar-refractivity contribution in [2.45, 2.75) is 26.2 Å². The molecular formula is C14H17Cl2N. The molecule has 0 aliphatic carbocycles. The van der Waals surface area contributed by atoms with Crippen molar-refractivity contribution >= 4 is 28.9 Å². The number of hydrogen-bond donors (Lipinski definition) is 0. The van der Waals surface area contributed by atoms with E-state index in [1.807, 2.05) is 0 Å². The molecule has 0 atom stereocenters. The van der Waals surface area contributed by atoms with Gasteiger partial charge in [-0.1, -0.05) is 62.2 Å². The summed E-state index contributed by atoms with van der Waals surface area (Å²) in [4.78, 5) is 2.23. The molecule has 17 heavy (non-hydrogen) atoms. The van der Waals surface area contributed by atoms with Gasteiger partial charge in [0.2, 0.25) is 0 Å². The summed E-state index contributed by atoms with van der Waals surface area (Å²) in [7, 11) is 0. The fourth-order valence-corrected chi connectivity index (χ4v) is 2.52. The lowest BCUT2D eigenvalue weighted by Crippen LogP contribution is -2.24. The van der Waals surface area contributed by atoms with E-state index in [4.69, 9.17) is 23.2 Å². The summed E-state index contributed by atoms with van der Waals surface area (Å²) in [5, 5.41) is 1.52. The highest BCUT2D eigenvalue weighted by Crippen LogP contribution is 2.35. The number of hydrogen-bond acceptors (Lipinski definition) is 1. The van der Waals surface area contributed by atoms with E-state index < -0.39 is 0 Å². The van der Waals surface area contributed by atoms with E-state index >= 15 is 0 Å². The summed E-state index contributed by atoms with van der Waals surface area (Å²) in [6, 6.07) is 8.46. The average molecular weight is 270 g/mol. The molecule has 1 nitrogen and oxygen atoms in total. The normalized spacial score (nSPS) is 16.9. The third kappa shape index (κ3) is 2.61. The van der Waals surface area contributed by atoms with Crippen LogP contribution in [0.3, 0.4) is 0 Å². The first-order valence-corrected chi connectivity index (χ1v) is 6.52. The first-order valence-electron chi connectivity index (χ1n) is 5.77. The van der Waals surface area contributed by atoms with Crippen LogP contribution in [-0.2, 0) is 5.41 Å². The molecule has 0 unspecified atom stereocenters. The van der Waals surface area contributed by atoms with Gasteiger partial charge in [0.05, 0.1) is 23.2 Å². The van der Waals surface area contributed by atoms with E-state index in [0.717, 1.165) is 10.1 Å². The van der Waals surface area contributed by atoms with Gasteiger partial charge in [-0.05, 0) is 17.0 Å². The van der Waals surface area contributed by atoms with Crippen LogP contribution in [-0.4, -0.2) is 13.1 Å². The zero-order valence-corrected chi connectivity index (χ0v) is 11.9. The van der Waals surface area contributed by atoms with Crippen molar-refractivity contribution in [1.29, 1.82) is 0 Å². The lowest BCUT2D eigenvalue weighted by Gasteiger charge is -2.28. The van der Waals surface area contributed by atoms with Gasteiger partial charge in [0.1, 0.15) is 0 Å². The van der Waals surface area contributed by atoms with Gasteiger partial charge in [-0.2, -0.15) is 0 Å². The van der Waals surface area contributed by atoms with Crippen LogP contribution in [0.15, 0.2) is 34.3 Å². The lowest BCUT2D eigenvalue weighted by molar-refractivity contribution is 0.589. The maximum atomic E-state index is 6.08. The Morgan fingerprint density at radius 3 is 2.06 bits per heavy atom. The van der Waals surface area contributed by atoms with Crippen molar-refractivity contribution in [2.24, 2.45) is 0 Å². The number of rotatable bonds is 1. The van der Waals surface area contributed by atoms with E-state index in [1.165, 1.54) is 11.3 Å². The monoisotopic (exact) mass is 269 g/mol. The molecule has 92 valence electrons. The molecular weight excluding hydrogens is 253 g/mol. The minimum absolute atomic E-state index is 0.123. The predicted octanol–water partition coefficient (Wildman–Crippen LogP) is 4.49. The first-order chi connectivity index (χ1) is 7.89. The molecule has 0 radical (unpaired) electrons. The second kappa shape index (κ2) is 4.55. The summed E-state index contributed by atoms with van der Waals surface area (Å²) in [6.45, 7) is 8.09. The fourth-order valence-electron chi connectivity index (χ4n) is 2.12. The van der Waals surface area contributed by atoms with E-state index in [2.05, 4.69) is 49.9 Å². The van der Waals surface area contributed by atoms with Crippen LogP contribution in [0.2, 0.25) is 0 Å². The number of halogens is 2. The number of benzene rings is 1. The molecule has 0 aromatic heterocycles. The number of nitrogens with zero attached hydrogens (tertiary/aromatic N) is 1. The maximum Gasteiger partial charge on any atom is 0.0553 e. The smallest absolute Gasteiger partial charge is 0.0553 e. The van der Waals surface area contributed by atoms with E-state index in [0.29, 0.717) is 13.1 Å². The van der Waals surface area contributed by atoms with Crippen molar-refractivity contribution in [3.63, 3.8) is 0 Å². The van der Waals surface area contributed by atoms with Gasteiger partial charge in [0.15, 0.2) is 0 Å². The molecule has 1 aromatic rings. The quantitative estimate of drug-likeness (QED) is 0.726. The minimum atomic E-state index is 0.123. The Bertz CT molecular complexity index is 444. The minimum Gasteiger partial charge on any atom is -0.361 e. The van der Waals surface area contributed by atoms with E-state index in [9.17, 15) is 0 Å². The van der Waals surface area contributed by atoms with Crippen molar-refractivity contribution in [3.8, 4) is 0 Å². The Balaban J connectivity index is 2.35. The molecule has 3 heteroatoms. The molecule has 2 rings (SSSR count). The van der Waals surface area contributed by atoms with Gasteiger partial charge in [-0.25, -0.2) is 0 Å². The Kier molecular flexibility index (Phi) is 3.42. The van der Waals surface area contributed by atoms with Gasteiger partial charge in [0, 0.05) is 5.69 Å².